The SMILES string of the molecule is COc1cc(OC(=O)NCc2ccccc2)c(Cl)cc1-c1nn(C2CCNC2)c(=O)o1. The van der Waals surface area contributed by atoms with Gasteiger partial charge in [0.1, 0.15) is 5.75 Å². The molecule has 1 fully saturated rings. The Kier molecular flexibility index (Phi) is 6.24. The normalized spacial score (nSPS) is 15.6. The molecule has 1 aromatic heterocycles. The zero-order chi connectivity index (χ0) is 21.8. The van der Waals surface area contributed by atoms with Crippen LogP contribution in [0.3, 0.4) is 0 Å². The second-order valence-corrected chi connectivity index (χ2v) is 7.38. The summed E-state index contributed by atoms with van der Waals surface area (Å²) < 4.78 is 17.4. The van der Waals surface area contributed by atoms with Gasteiger partial charge in [0.05, 0.1) is 23.7 Å². The first-order chi connectivity index (χ1) is 15.0. The lowest BCUT2D eigenvalue weighted by molar-refractivity contribution is 0.200. The summed E-state index contributed by atoms with van der Waals surface area (Å²) in [5, 5.41) is 10.3. The highest BCUT2D eigenvalue weighted by Gasteiger charge is 2.24. The minimum absolute atomic E-state index is 0.0672. The Bertz CT molecular complexity index is 1120. The number of benzene rings is 2. The van der Waals surface area contributed by atoms with Crippen molar-refractivity contribution in [3.05, 3.63) is 63.6 Å². The Morgan fingerprint density at radius 3 is 2.84 bits per heavy atom. The maximum atomic E-state index is 12.2. The third kappa shape index (κ3) is 4.73. The second kappa shape index (κ2) is 9.23. The van der Waals surface area contributed by atoms with Crippen LogP contribution in [0, 0.1) is 0 Å². The second-order valence-electron chi connectivity index (χ2n) is 6.98. The summed E-state index contributed by atoms with van der Waals surface area (Å²) in [4.78, 5) is 24.4. The minimum Gasteiger partial charge on any atom is -0.496 e. The number of methoxy groups -OCH3 is 1. The fraction of sp³-hybridized carbons (Fsp3) is 0.286. The van der Waals surface area contributed by atoms with E-state index in [4.69, 9.17) is 25.5 Å². The summed E-state index contributed by atoms with van der Waals surface area (Å²) in [6, 6.07) is 12.3. The molecule has 2 heterocycles. The van der Waals surface area contributed by atoms with Gasteiger partial charge in [-0.15, -0.1) is 5.10 Å². The van der Waals surface area contributed by atoms with E-state index in [1.165, 1.54) is 23.9 Å². The molecule has 1 aliphatic rings. The van der Waals surface area contributed by atoms with Crippen molar-refractivity contribution in [2.45, 2.75) is 19.0 Å². The van der Waals surface area contributed by atoms with Crippen molar-refractivity contribution in [1.82, 2.24) is 20.4 Å². The highest BCUT2D eigenvalue weighted by molar-refractivity contribution is 6.32. The largest absolute Gasteiger partial charge is 0.496 e. The van der Waals surface area contributed by atoms with Gasteiger partial charge in [-0.05, 0) is 24.6 Å². The fourth-order valence-electron chi connectivity index (χ4n) is 3.33. The minimum atomic E-state index is -0.662. The molecule has 10 heteroatoms. The van der Waals surface area contributed by atoms with Crippen LogP contribution in [-0.4, -0.2) is 36.1 Å². The van der Waals surface area contributed by atoms with Gasteiger partial charge >= 0.3 is 11.8 Å². The predicted octanol–water partition coefficient (Wildman–Crippen LogP) is 2.99. The average Bonchev–Trinajstić information content (AvgIpc) is 3.44. The third-order valence-corrected chi connectivity index (χ3v) is 5.21. The molecule has 2 N–H and O–H groups in total. The molecular weight excluding hydrogens is 424 g/mol. The Morgan fingerprint density at radius 2 is 2.13 bits per heavy atom. The van der Waals surface area contributed by atoms with Gasteiger partial charge in [0, 0.05) is 19.2 Å². The van der Waals surface area contributed by atoms with Crippen LogP contribution in [0.2, 0.25) is 5.02 Å². The summed E-state index contributed by atoms with van der Waals surface area (Å²) in [6.07, 6.45) is 0.124. The molecule has 0 saturated carbocycles. The first-order valence-corrected chi connectivity index (χ1v) is 10.1. The maximum absolute atomic E-state index is 12.2. The third-order valence-electron chi connectivity index (χ3n) is 4.92. The number of hydrogen-bond donors (Lipinski definition) is 2. The van der Waals surface area contributed by atoms with Crippen LogP contribution in [0.15, 0.2) is 51.7 Å². The van der Waals surface area contributed by atoms with E-state index in [1.807, 2.05) is 30.3 Å². The van der Waals surface area contributed by atoms with Gasteiger partial charge in [-0.1, -0.05) is 41.9 Å². The number of rotatable bonds is 6. The lowest BCUT2D eigenvalue weighted by atomic mass is 10.2. The van der Waals surface area contributed by atoms with Crippen molar-refractivity contribution < 1.29 is 18.7 Å². The molecule has 9 nitrogen and oxygen atoms in total. The first-order valence-electron chi connectivity index (χ1n) is 9.73. The summed E-state index contributed by atoms with van der Waals surface area (Å²) in [5.74, 6) is -0.0685. The molecule has 1 saturated heterocycles. The topological polar surface area (TPSA) is 108 Å². The number of amides is 1. The summed E-state index contributed by atoms with van der Waals surface area (Å²) in [6.45, 7) is 1.77. The number of nitrogens with one attached hydrogen (secondary N) is 2. The first kappa shape index (κ1) is 21.0. The van der Waals surface area contributed by atoms with Crippen LogP contribution in [-0.2, 0) is 6.54 Å². The van der Waals surface area contributed by atoms with Crippen molar-refractivity contribution in [3.63, 3.8) is 0 Å². The van der Waals surface area contributed by atoms with E-state index >= 15 is 0 Å². The van der Waals surface area contributed by atoms with E-state index in [0.717, 1.165) is 18.5 Å². The molecule has 0 radical (unpaired) electrons. The fourth-order valence-corrected chi connectivity index (χ4v) is 3.53. The smallest absolute Gasteiger partial charge is 0.437 e. The van der Waals surface area contributed by atoms with E-state index in [0.29, 0.717) is 24.4 Å². The number of halogens is 1. The van der Waals surface area contributed by atoms with Crippen LogP contribution in [0.5, 0.6) is 11.5 Å². The number of carbonyl (C=O) groups excluding carboxylic acids is 1. The molecule has 0 bridgehead atoms. The standard InChI is InChI=1S/C21H21ClN4O5/c1-29-17-10-18(30-20(27)24-11-13-5-3-2-4-6-13)16(22)9-15(17)19-25-26(21(28)31-19)14-7-8-23-12-14/h2-6,9-10,14,23H,7-8,11-12H2,1H3,(H,24,27). The number of ether oxygens (including phenoxy) is 2. The van der Waals surface area contributed by atoms with Crippen molar-refractivity contribution in [2.75, 3.05) is 20.2 Å². The number of nitrogens with zero attached hydrogens (tertiary/aromatic N) is 2. The molecule has 1 atom stereocenters. The molecule has 3 aromatic rings. The number of hydrogen-bond acceptors (Lipinski definition) is 7. The van der Waals surface area contributed by atoms with E-state index < -0.39 is 11.8 Å². The molecule has 162 valence electrons. The van der Waals surface area contributed by atoms with Crippen LogP contribution in [0.4, 0.5) is 4.79 Å². The Labute approximate surface area is 182 Å². The molecule has 1 amide bonds. The highest BCUT2D eigenvalue weighted by Crippen LogP contribution is 2.38. The van der Waals surface area contributed by atoms with Crippen molar-refractivity contribution in [3.8, 4) is 23.0 Å². The van der Waals surface area contributed by atoms with Gasteiger partial charge in [-0.3, -0.25) is 0 Å². The molecule has 0 aliphatic carbocycles. The highest BCUT2D eigenvalue weighted by atomic mass is 35.5. The van der Waals surface area contributed by atoms with E-state index in [9.17, 15) is 9.59 Å². The molecule has 1 unspecified atom stereocenters. The molecule has 2 aromatic carbocycles. The van der Waals surface area contributed by atoms with E-state index in [-0.39, 0.29) is 22.7 Å². The van der Waals surface area contributed by atoms with Gasteiger partial charge in [0.2, 0.25) is 0 Å². The van der Waals surface area contributed by atoms with E-state index in [1.54, 1.807) is 0 Å². The monoisotopic (exact) mass is 444 g/mol. The van der Waals surface area contributed by atoms with Gasteiger partial charge in [0.25, 0.3) is 5.89 Å². The van der Waals surface area contributed by atoms with Crippen LogP contribution in [0.25, 0.3) is 11.5 Å². The lowest BCUT2D eigenvalue weighted by Gasteiger charge is -2.12. The van der Waals surface area contributed by atoms with Crippen molar-refractivity contribution >= 4 is 17.7 Å². The van der Waals surface area contributed by atoms with Crippen molar-refractivity contribution in [1.29, 1.82) is 0 Å². The Hall–Kier alpha value is -3.30. The van der Waals surface area contributed by atoms with Gasteiger partial charge in [0.15, 0.2) is 5.75 Å². The van der Waals surface area contributed by atoms with Crippen LogP contribution < -0.4 is 25.9 Å². The quantitative estimate of drug-likeness (QED) is 0.601. The van der Waals surface area contributed by atoms with Crippen LogP contribution >= 0.6 is 11.6 Å². The molecule has 31 heavy (non-hydrogen) atoms. The number of carbonyl (C=O) groups is 1. The van der Waals surface area contributed by atoms with Crippen LogP contribution in [0.1, 0.15) is 18.0 Å². The zero-order valence-corrected chi connectivity index (χ0v) is 17.5. The van der Waals surface area contributed by atoms with Gasteiger partial charge < -0.3 is 24.5 Å². The van der Waals surface area contributed by atoms with Crippen molar-refractivity contribution in [2.24, 2.45) is 0 Å². The predicted molar refractivity (Wildman–Crippen MR) is 114 cm³/mol. The molecule has 4 rings (SSSR count). The maximum Gasteiger partial charge on any atom is 0.437 e. The molecule has 0 spiro atoms. The molecule has 1 aliphatic heterocycles. The number of aromatic nitrogens is 2. The average molecular weight is 445 g/mol. The lowest BCUT2D eigenvalue weighted by Crippen LogP contribution is -2.26. The summed E-state index contributed by atoms with van der Waals surface area (Å²) in [7, 11) is 1.45. The van der Waals surface area contributed by atoms with E-state index in [2.05, 4.69) is 15.7 Å². The Balaban J connectivity index is 1.52. The summed E-state index contributed by atoms with van der Waals surface area (Å²) in [5.41, 5.74) is 1.31. The van der Waals surface area contributed by atoms with Gasteiger partial charge in [-0.2, -0.15) is 4.68 Å². The Morgan fingerprint density at radius 1 is 1.32 bits per heavy atom. The zero-order valence-electron chi connectivity index (χ0n) is 16.8. The van der Waals surface area contributed by atoms with Gasteiger partial charge in [-0.25, -0.2) is 9.59 Å². The molecular formula is C21H21ClN4O5. The summed E-state index contributed by atoms with van der Waals surface area (Å²) >= 11 is 6.32.